The largest absolute Gasteiger partial charge is 0.544 e. The molecule has 284 valence electrons. The zero-order valence-corrected chi connectivity index (χ0v) is 32.0. The standard InChI is InChI=1S/C42H69NO7/c1-6-8-10-12-14-16-18-19-20-21-23-24-26-28-30-32-40(44)49-37-38(36-48-35-34-39(42(46)47)43(3,4)5)50-41(45)33-31-29-27-25-22-17-15-13-11-9-7-2/h8,10,12-20,22,38-39H,6-7,9,11,21,23-37H2,1-5H3/b10-8+,14-12+,15-13+,18-16+,20-19+,22-17+. The summed E-state index contributed by atoms with van der Waals surface area (Å²) in [6, 6.07) is -0.736. The number of carbonyl (C=O) groups excluding carboxylic acids is 3. The minimum Gasteiger partial charge on any atom is -0.544 e. The first-order valence-electron chi connectivity index (χ1n) is 19.0. The van der Waals surface area contributed by atoms with Gasteiger partial charge in [-0.3, -0.25) is 9.59 Å². The molecule has 8 nitrogen and oxygen atoms in total. The molecule has 0 aromatic heterocycles. The first kappa shape index (κ1) is 46.8. The van der Waals surface area contributed by atoms with Crippen LogP contribution in [0.25, 0.3) is 0 Å². The summed E-state index contributed by atoms with van der Waals surface area (Å²) in [7, 11) is 5.37. The Morgan fingerprint density at radius 3 is 1.70 bits per heavy atom. The number of carboxylic acid groups (broad SMARTS) is 1. The van der Waals surface area contributed by atoms with E-state index in [1.165, 1.54) is 12.8 Å². The average molecular weight is 700 g/mol. The molecule has 50 heavy (non-hydrogen) atoms. The summed E-state index contributed by atoms with van der Waals surface area (Å²) in [5.74, 6) is -1.82. The van der Waals surface area contributed by atoms with Crippen LogP contribution in [0.2, 0.25) is 0 Å². The molecule has 0 fully saturated rings. The number of carboxylic acids is 1. The number of ether oxygens (including phenoxy) is 3. The number of carbonyl (C=O) groups is 3. The number of hydrogen-bond donors (Lipinski definition) is 0. The van der Waals surface area contributed by atoms with Crippen LogP contribution < -0.4 is 5.11 Å². The highest BCUT2D eigenvalue weighted by Gasteiger charge is 2.25. The molecule has 0 aromatic rings. The number of nitrogens with zero attached hydrogens (tertiary/aromatic N) is 1. The van der Waals surface area contributed by atoms with Gasteiger partial charge in [-0.05, 0) is 51.4 Å². The van der Waals surface area contributed by atoms with Gasteiger partial charge in [-0.15, -0.1) is 0 Å². The van der Waals surface area contributed by atoms with Crippen LogP contribution in [0, 0.1) is 0 Å². The molecule has 0 saturated heterocycles. The maximum Gasteiger partial charge on any atom is 0.306 e. The van der Waals surface area contributed by atoms with E-state index in [2.05, 4.69) is 56.4 Å². The highest BCUT2D eigenvalue weighted by atomic mass is 16.6. The highest BCUT2D eigenvalue weighted by Crippen LogP contribution is 2.11. The Bertz CT molecular complexity index is 1050. The van der Waals surface area contributed by atoms with Gasteiger partial charge in [0.1, 0.15) is 12.6 Å². The van der Waals surface area contributed by atoms with E-state index in [-0.39, 0.29) is 49.1 Å². The molecule has 0 aliphatic rings. The van der Waals surface area contributed by atoms with Crippen LogP contribution >= 0.6 is 0 Å². The van der Waals surface area contributed by atoms with E-state index in [9.17, 15) is 19.5 Å². The summed E-state index contributed by atoms with van der Waals surface area (Å²) >= 11 is 0. The van der Waals surface area contributed by atoms with Gasteiger partial charge in [0, 0.05) is 19.3 Å². The van der Waals surface area contributed by atoms with E-state index in [1.807, 2.05) is 30.4 Å². The van der Waals surface area contributed by atoms with Gasteiger partial charge in [-0.1, -0.05) is 125 Å². The molecule has 0 aliphatic carbocycles. The lowest BCUT2D eigenvalue weighted by Crippen LogP contribution is -2.55. The van der Waals surface area contributed by atoms with Crippen LogP contribution in [0.5, 0.6) is 0 Å². The van der Waals surface area contributed by atoms with Gasteiger partial charge in [0.05, 0.1) is 40.3 Å². The maximum absolute atomic E-state index is 12.6. The Balaban J connectivity index is 4.51. The Kier molecular flexibility index (Phi) is 30.8. The normalized spacial score (nSPS) is 13.9. The number of quaternary nitrogens is 1. The number of rotatable bonds is 32. The molecule has 0 rings (SSSR count). The second-order valence-electron chi connectivity index (χ2n) is 13.5. The number of likely N-dealkylation sites (N-methyl/N-ethyl adjacent to an activating group) is 1. The Labute approximate surface area is 304 Å². The fourth-order valence-corrected chi connectivity index (χ4v) is 4.94. The van der Waals surface area contributed by atoms with Crippen LogP contribution in [0.3, 0.4) is 0 Å². The van der Waals surface area contributed by atoms with Gasteiger partial charge in [-0.2, -0.15) is 0 Å². The topological polar surface area (TPSA) is 102 Å². The predicted molar refractivity (Wildman–Crippen MR) is 203 cm³/mol. The summed E-state index contributed by atoms with van der Waals surface area (Å²) < 4.78 is 17.0. The van der Waals surface area contributed by atoms with Crippen molar-refractivity contribution in [1.82, 2.24) is 0 Å². The molecule has 2 atom stereocenters. The first-order valence-corrected chi connectivity index (χ1v) is 19.0. The van der Waals surface area contributed by atoms with E-state index >= 15 is 0 Å². The number of unbranched alkanes of at least 4 members (excludes halogenated alkanes) is 10. The van der Waals surface area contributed by atoms with Crippen molar-refractivity contribution in [3.8, 4) is 0 Å². The van der Waals surface area contributed by atoms with Crippen molar-refractivity contribution in [3.63, 3.8) is 0 Å². The number of esters is 2. The second-order valence-corrected chi connectivity index (χ2v) is 13.5. The van der Waals surface area contributed by atoms with E-state index in [0.717, 1.165) is 70.6 Å². The summed E-state index contributed by atoms with van der Waals surface area (Å²) in [4.78, 5) is 36.6. The van der Waals surface area contributed by atoms with Gasteiger partial charge in [0.15, 0.2) is 6.10 Å². The zero-order valence-electron chi connectivity index (χ0n) is 32.0. The third kappa shape index (κ3) is 30.8. The molecule has 0 spiro atoms. The molecule has 0 bridgehead atoms. The van der Waals surface area contributed by atoms with Crippen LogP contribution in [0.15, 0.2) is 72.9 Å². The Hall–Kier alpha value is -3.23. The van der Waals surface area contributed by atoms with Crippen molar-refractivity contribution in [2.45, 2.75) is 135 Å². The van der Waals surface area contributed by atoms with Gasteiger partial charge < -0.3 is 28.6 Å². The predicted octanol–water partition coefficient (Wildman–Crippen LogP) is 8.29. The molecule has 0 radical (unpaired) electrons. The summed E-state index contributed by atoms with van der Waals surface area (Å²) in [5, 5.41) is 11.6. The van der Waals surface area contributed by atoms with Crippen molar-refractivity contribution in [2.75, 3.05) is 41.0 Å². The molecule has 0 amide bonds. The molecular formula is C42H69NO7. The zero-order chi connectivity index (χ0) is 37.1. The minimum absolute atomic E-state index is 0.0176. The lowest BCUT2D eigenvalue weighted by atomic mass is 10.1. The summed E-state index contributed by atoms with van der Waals surface area (Å²) in [5.41, 5.74) is 0. The first-order chi connectivity index (χ1) is 24.1. The lowest BCUT2D eigenvalue weighted by Gasteiger charge is -2.34. The molecule has 0 saturated carbocycles. The molecule has 0 heterocycles. The Morgan fingerprint density at radius 2 is 1.12 bits per heavy atom. The van der Waals surface area contributed by atoms with Crippen LogP contribution in [-0.4, -0.2) is 75.5 Å². The number of hydrogen-bond acceptors (Lipinski definition) is 7. The van der Waals surface area contributed by atoms with Crippen molar-refractivity contribution in [3.05, 3.63) is 72.9 Å². The van der Waals surface area contributed by atoms with Crippen LogP contribution in [0.4, 0.5) is 0 Å². The molecular weight excluding hydrogens is 630 g/mol. The summed E-state index contributed by atoms with van der Waals surface area (Å²) in [6.45, 7) is 4.38. The fourth-order valence-electron chi connectivity index (χ4n) is 4.94. The van der Waals surface area contributed by atoms with Crippen LogP contribution in [-0.2, 0) is 28.6 Å². The van der Waals surface area contributed by atoms with E-state index < -0.39 is 18.1 Å². The van der Waals surface area contributed by atoms with Gasteiger partial charge >= 0.3 is 11.9 Å². The van der Waals surface area contributed by atoms with Crippen molar-refractivity contribution >= 4 is 17.9 Å². The van der Waals surface area contributed by atoms with E-state index in [0.29, 0.717) is 12.8 Å². The third-order valence-electron chi connectivity index (χ3n) is 7.95. The lowest BCUT2D eigenvalue weighted by molar-refractivity contribution is -0.889. The van der Waals surface area contributed by atoms with Crippen LogP contribution in [0.1, 0.15) is 123 Å². The molecule has 0 aliphatic heterocycles. The van der Waals surface area contributed by atoms with E-state index in [4.69, 9.17) is 14.2 Å². The van der Waals surface area contributed by atoms with Crippen molar-refractivity contribution < 1.29 is 38.2 Å². The molecule has 2 unspecified atom stereocenters. The SMILES string of the molecule is CC/C=C/C=C/C=C/C=C/CCCCCCCC(=O)OCC(COCCC(C(=O)[O-])[N+](C)(C)C)OC(=O)CCCCC/C=C/C=C/CCCC. The molecule has 0 N–H and O–H groups in total. The minimum atomic E-state index is -1.14. The average Bonchev–Trinajstić information content (AvgIpc) is 3.06. The summed E-state index contributed by atoms with van der Waals surface area (Å²) in [6.07, 6.45) is 39.3. The van der Waals surface area contributed by atoms with Crippen molar-refractivity contribution in [2.24, 2.45) is 0 Å². The molecule has 0 aromatic carbocycles. The maximum atomic E-state index is 12.6. The van der Waals surface area contributed by atoms with Gasteiger partial charge in [0.2, 0.25) is 0 Å². The van der Waals surface area contributed by atoms with Gasteiger partial charge in [-0.25, -0.2) is 0 Å². The highest BCUT2D eigenvalue weighted by molar-refractivity contribution is 5.70. The van der Waals surface area contributed by atoms with Gasteiger partial charge in [0.25, 0.3) is 0 Å². The third-order valence-corrected chi connectivity index (χ3v) is 7.95. The number of aliphatic carboxylic acids is 1. The quantitative estimate of drug-likeness (QED) is 0.0301. The molecule has 8 heteroatoms. The smallest absolute Gasteiger partial charge is 0.306 e. The second kappa shape index (κ2) is 32.9. The Morgan fingerprint density at radius 1 is 0.620 bits per heavy atom. The fraction of sp³-hybridized carbons (Fsp3) is 0.643. The monoisotopic (exact) mass is 700 g/mol. The van der Waals surface area contributed by atoms with E-state index in [1.54, 1.807) is 21.1 Å². The van der Waals surface area contributed by atoms with Crippen molar-refractivity contribution in [1.29, 1.82) is 0 Å². The number of allylic oxidation sites excluding steroid dienone is 12.